The number of hydrogen-bond donors (Lipinski definition) is 1. The number of thioether (sulfide) groups is 1. The second kappa shape index (κ2) is 5.89. The van der Waals surface area contributed by atoms with E-state index >= 15 is 0 Å². The Morgan fingerprint density at radius 1 is 1.54 bits per heavy atom. The topological polar surface area (TPSA) is 15.3 Å². The number of nitrogens with zero attached hydrogens (tertiary/aromatic N) is 1. The molecule has 2 nitrogen and oxygen atoms in total. The number of rotatable bonds is 4. The Hall–Kier alpha value is 0.270. The summed E-state index contributed by atoms with van der Waals surface area (Å²) in [6.45, 7) is 10.4. The lowest BCUT2D eigenvalue weighted by atomic mass is 10.2. The molecular formula is C10H22N2S. The molecule has 0 spiro atoms. The van der Waals surface area contributed by atoms with Crippen molar-refractivity contribution >= 4 is 11.8 Å². The van der Waals surface area contributed by atoms with Crippen molar-refractivity contribution in [2.24, 2.45) is 0 Å². The van der Waals surface area contributed by atoms with E-state index in [0.717, 1.165) is 0 Å². The first-order valence-electron chi connectivity index (χ1n) is 5.29. The molecule has 1 aliphatic heterocycles. The van der Waals surface area contributed by atoms with E-state index in [1.54, 1.807) is 0 Å². The first kappa shape index (κ1) is 11.3. The van der Waals surface area contributed by atoms with Crippen molar-refractivity contribution in [2.75, 3.05) is 31.1 Å². The van der Waals surface area contributed by atoms with Crippen LogP contribution in [0.3, 0.4) is 0 Å². The van der Waals surface area contributed by atoms with Crippen molar-refractivity contribution in [2.45, 2.75) is 32.9 Å². The molecule has 13 heavy (non-hydrogen) atoms. The van der Waals surface area contributed by atoms with Gasteiger partial charge in [-0.3, -0.25) is 4.90 Å². The number of nitrogens with one attached hydrogen (secondary N) is 1. The van der Waals surface area contributed by atoms with Crippen LogP contribution in [-0.4, -0.2) is 48.1 Å². The molecule has 0 bridgehead atoms. The predicted octanol–water partition coefficient (Wildman–Crippen LogP) is 1.42. The van der Waals surface area contributed by atoms with E-state index in [4.69, 9.17) is 0 Å². The van der Waals surface area contributed by atoms with Gasteiger partial charge in [0.25, 0.3) is 0 Å². The molecule has 1 heterocycles. The van der Waals surface area contributed by atoms with E-state index in [0.29, 0.717) is 12.1 Å². The third-order valence-electron chi connectivity index (χ3n) is 2.59. The van der Waals surface area contributed by atoms with Crippen LogP contribution in [0.4, 0.5) is 0 Å². The lowest BCUT2D eigenvalue weighted by Gasteiger charge is -2.32. The predicted molar refractivity (Wildman–Crippen MR) is 61.5 cm³/mol. The molecule has 1 saturated heterocycles. The minimum atomic E-state index is 0.679. The van der Waals surface area contributed by atoms with Gasteiger partial charge in [0.15, 0.2) is 0 Å². The van der Waals surface area contributed by atoms with Crippen molar-refractivity contribution < 1.29 is 0 Å². The van der Waals surface area contributed by atoms with Crippen molar-refractivity contribution in [3.05, 3.63) is 0 Å². The third-order valence-corrected chi connectivity index (χ3v) is 3.72. The maximum absolute atomic E-state index is 3.58. The van der Waals surface area contributed by atoms with E-state index in [1.807, 2.05) is 0 Å². The van der Waals surface area contributed by atoms with E-state index < -0.39 is 0 Å². The molecule has 3 heteroatoms. The maximum atomic E-state index is 3.58. The molecule has 0 radical (unpaired) electrons. The highest BCUT2D eigenvalue weighted by molar-refractivity contribution is 7.99. The molecule has 0 aromatic heterocycles. The first-order valence-corrected chi connectivity index (χ1v) is 6.44. The zero-order valence-electron chi connectivity index (χ0n) is 9.05. The summed E-state index contributed by atoms with van der Waals surface area (Å²) in [4.78, 5) is 2.53. The third kappa shape index (κ3) is 3.88. The van der Waals surface area contributed by atoms with Crippen LogP contribution in [0.15, 0.2) is 0 Å². The summed E-state index contributed by atoms with van der Waals surface area (Å²) in [5, 5.41) is 3.58. The Morgan fingerprint density at radius 3 is 2.77 bits per heavy atom. The van der Waals surface area contributed by atoms with Crippen LogP contribution in [0.25, 0.3) is 0 Å². The van der Waals surface area contributed by atoms with Gasteiger partial charge in [-0.2, -0.15) is 11.8 Å². The Balaban J connectivity index is 2.27. The molecule has 0 aromatic rings. The summed E-state index contributed by atoms with van der Waals surface area (Å²) < 4.78 is 0. The summed E-state index contributed by atoms with van der Waals surface area (Å²) >= 11 is 2.08. The molecule has 0 aliphatic carbocycles. The van der Waals surface area contributed by atoms with Crippen molar-refractivity contribution in [3.8, 4) is 0 Å². The summed E-state index contributed by atoms with van der Waals surface area (Å²) in [7, 11) is 0. The highest BCUT2D eigenvalue weighted by Gasteiger charge is 2.17. The van der Waals surface area contributed by atoms with Crippen LogP contribution in [0.5, 0.6) is 0 Å². The van der Waals surface area contributed by atoms with Gasteiger partial charge in [-0.05, 0) is 20.4 Å². The SMILES string of the molecule is CCN(CC1CSCCN1)C(C)C. The standard InChI is InChI=1S/C10H22N2S/c1-4-12(9(2)3)7-10-8-13-6-5-11-10/h9-11H,4-8H2,1-3H3. The van der Waals surface area contributed by atoms with Crippen molar-refractivity contribution in [1.82, 2.24) is 10.2 Å². The van der Waals surface area contributed by atoms with Gasteiger partial charge in [-0.15, -0.1) is 0 Å². The number of hydrogen-bond acceptors (Lipinski definition) is 3. The normalized spacial score (nSPS) is 24.2. The average Bonchev–Trinajstić information content (AvgIpc) is 2.15. The molecule has 0 aromatic carbocycles. The molecular weight excluding hydrogens is 180 g/mol. The molecule has 1 unspecified atom stereocenters. The molecule has 1 rings (SSSR count). The van der Waals surface area contributed by atoms with Crippen molar-refractivity contribution in [3.63, 3.8) is 0 Å². The summed E-state index contributed by atoms with van der Waals surface area (Å²) in [5.41, 5.74) is 0. The second-order valence-corrected chi connectivity index (χ2v) is 5.06. The van der Waals surface area contributed by atoms with Gasteiger partial charge in [0.1, 0.15) is 0 Å². The minimum Gasteiger partial charge on any atom is -0.311 e. The minimum absolute atomic E-state index is 0.679. The molecule has 0 saturated carbocycles. The highest BCUT2D eigenvalue weighted by atomic mass is 32.2. The van der Waals surface area contributed by atoms with Crippen LogP contribution in [-0.2, 0) is 0 Å². The quantitative estimate of drug-likeness (QED) is 0.742. The molecule has 1 aliphatic rings. The fourth-order valence-electron chi connectivity index (χ4n) is 1.73. The smallest absolute Gasteiger partial charge is 0.0286 e. The van der Waals surface area contributed by atoms with E-state index in [9.17, 15) is 0 Å². The average molecular weight is 202 g/mol. The zero-order chi connectivity index (χ0) is 9.68. The monoisotopic (exact) mass is 202 g/mol. The summed E-state index contributed by atoms with van der Waals surface area (Å²) in [5.74, 6) is 2.56. The lowest BCUT2D eigenvalue weighted by Crippen LogP contribution is -2.47. The Bertz CT molecular complexity index is 133. The van der Waals surface area contributed by atoms with Gasteiger partial charge in [0, 0.05) is 36.7 Å². The number of likely N-dealkylation sites (N-methyl/N-ethyl adjacent to an activating group) is 1. The fraction of sp³-hybridized carbons (Fsp3) is 1.00. The molecule has 1 atom stereocenters. The fourth-order valence-corrected chi connectivity index (χ4v) is 2.66. The lowest BCUT2D eigenvalue weighted by molar-refractivity contribution is 0.213. The van der Waals surface area contributed by atoms with E-state index in [1.165, 1.54) is 31.1 Å². The van der Waals surface area contributed by atoms with Crippen LogP contribution in [0, 0.1) is 0 Å². The Labute approximate surface area is 86.5 Å². The summed E-state index contributed by atoms with van der Waals surface area (Å²) in [6, 6.07) is 1.39. The second-order valence-electron chi connectivity index (χ2n) is 3.91. The van der Waals surface area contributed by atoms with Gasteiger partial charge in [-0.25, -0.2) is 0 Å². The largest absolute Gasteiger partial charge is 0.311 e. The van der Waals surface area contributed by atoms with E-state index in [2.05, 4.69) is 42.7 Å². The van der Waals surface area contributed by atoms with Gasteiger partial charge in [0.2, 0.25) is 0 Å². The van der Waals surface area contributed by atoms with Crippen molar-refractivity contribution in [1.29, 1.82) is 0 Å². The van der Waals surface area contributed by atoms with Gasteiger partial charge < -0.3 is 5.32 Å². The Morgan fingerprint density at radius 2 is 2.31 bits per heavy atom. The van der Waals surface area contributed by atoms with E-state index in [-0.39, 0.29) is 0 Å². The van der Waals surface area contributed by atoms with Crippen LogP contribution in [0.2, 0.25) is 0 Å². The Kier molecular flexibility index (Phi) is 5.14. The first-order chi connectivity index (χ1) is 6.24. The molecule has 0 amide bonds. The molecule has 78 valence electrons. The highest BCUT2D eigenvalue weighted by Crippen LogP contribution is 2.10. The van der Waals surface area contributed by atoms with Crippen LogP contribution in [0.1, 0.15) is 20.8 Å². The van der Waals surface area contributed by atoms with Crippen LogP contribution >= 0.6 is 11.8 Å². The van der Waals surface area contributed by atoms with Gasteiger partial charge in [-0.1, -0.05) is 6.92 Å². The molecule has 1 N–H and O–H groups in total. The molecule has 1 fully saturated rings. The van der Waals surface area contributed by atoms with Gasteiger partial charge >= 0.3 is 0 Å². The zero-order valence-corrected chi connectivity index (χ0v) is 9.86. The maximum Gasteiger partial charge on any atom is 0.0286 e. The summed E-state index contributed by atoms with van der Waals surface area (Å²) in [6.07, 6.45) is 0. The van der Waals surface area contributed by atoms with Gasteiger partial charge in [0.05, 0.1) is 0 Å². The van der Waals surface area contributed by atoms with Crippen LogP contribution < -0.4 is 5.32 Å².